The first kappa shape index (κ1) is 26.0. The molecule has 6 rings (SSSR count). The summed E-state index contributed by atoms with van der Waals surface area (Å²) in [6.07, 6.45) is 6.74. The summed E-state index contributed by atoms with van der Waals surface area (Å²) in [4.78, 5) is 26.7. The number of allylic oxidation sites excluding steroid dienone is 1. The molecule has 0 unspecified atom stereocenters. The van der Waals surface area contributed by atoms with E-state index >= 15 is 0 Å². The number of ether oxygens (including phenoxy) is 1. The van der Waals surface area contributed by atoms with Gasteiger partial charge in [-0.05, 0) is 62.1 Å². The van der Waals surface area contributed by atoms with Gasteiger partial charge in [0.05, 0.1) is 35.0 Å². The minimum absolute atomic E-state index is 0.0106. The summed E-state index contributed by atoms with van der Waals surface area (Å²) in [5, 5.41) is 26.1. The molecule has 8 nitrogen and oxygen atoms in total. The fourth-order valence-electron chi connectivity index (χ4n) is 8.92. The number of carbonyl (C=O) groups excluding carboxylic acids is 2. The molecule has 0 amide bonds. The second-order valence-corrected chi connectivity index (χ2v) is 13.0. The predicted octanol–water partition coefficient (Wildman–Crippen LogP) is 4.88. The maximum absolute atomic E-state index is 13.7. The molecule has 3 saturated carbocycles. The number of esters is 1. The van der Waals surface area contributed by atoms with E-state index in [0.29, 0.717) is 19.3 Å². The summed E-state index contributed by atoms with van der Waals surface area (Å²) in [6.45, 7) is 5.96. The molecule has 0 aliphatic heterocycles. The first-order chi connectivity index (χ1) is 17.9. The third kappa shape index (κ3) is 3.05. The monoisotopic (exact) mass is 562 g/mol. The summed E-state index contributed by atoms with van der Waals surface area (Å²) in [7, 11) is 0. The van der Waals surface area contributed by atoms with Crippen LogP contribution in [-0.2, 0) is 16.0 Å². The summed E-state index contributed by atoms with van der Waals surface area (Å²) < 4.78 is 11.4. The molecule has 4 aliphatic carbocycles. The number of aromatic nitrogens is 2. The maximum atomic E-state index is 13.7. The molecule has 0 aromatic carbocycles. The molecule has 3 fully saturated rings. The number of fused-ring (bicyclic) bond motifs is 6. The van der Waals surface area contributed by atoms with E-state index in [1.165, 1.54) is 12.3 Å². The summed E-state index contributed by atoms with van der Waals surface area (Å²) >= 11 is 13.8. The van der Waals surface area contributed by atoms with Crippen LogP contribution < -0.4 is 0 Å². The number of carbonyl (C=O) groups is 2. The van der Waals surface area contributed by atoms with E-state index in [9.17, 15) is 19.9 Å². The van der Waals surface area contributed by atoms with Gasteiger partial charge in [-0.3, -0.25) is 4.79 Å². The van der Waals surface area contributed by atoms with Crippen molar-refractivity contribution in [2.24, 2.45) is 28.6 Å². The third-order valence-corrected chi connectivity index (χ3v) is 11.7. The maximum Gasteiger partial charge on any atom is 0.375 e. The van der Waals surface area contributed by atoms with E-state index in [4.69, 9.17) is 32.4 Å². The molecule has 2 heterocycles. The molecule has 2 N–H and O–H groups in total. The Morgan fingerprint density at radius 2 is 2.08 bits per heavy atom. The van der Waals surface area contributed by atoms with Crippen molar-refractivity contribution in [3.05, 3.63) is 47.2 Å². The molecular formula is C28H32Cl2N2O6. The van der Waals surface area contributed by atoms with E-state index < -0.39 is 33.4 Å². The number of ketones is 1. The lowest BCUT2D eigenvalue weighted by atomic mass is 9.44. The van der Waals surface area contributed by atoms with Gasteiger partial charge < -0.3 is 19.5 Å². The fourth-order valence-corrected chi connectivity index (χ4v) is 9.64. The lowest BCUT2D eigenvalue weighted by Crippen LogP contribution is -2.70. The predicted molar refractivity (Wildman–Crippen MR) is 139 cm³/mol. The van der Waals surface area contributed by atoms with E-state index in [1.807, 2.05) is 19.9 Å². The van der Waals surface area contributed by atoms with Crippen LogP contribution in [-0.4, -0.2) is 54.5 Å². The first-order valence-corrected chi connectivity index (χ1v) is 14.1. The Labute approximate surface area is 230 Å². The van der Waals surface area contributed by atoms with Crippen LogP contribution in [0.1, 0.15) is 68.3 Å². The van der Waals surface area contributed by atoms with Gasteiger partial charge >= 0.3 is 5.97 Å². The van der Waals surface area contributed by atoms with Crippen LogP contribution in [0.4, 0.5) is 0 Å². The minimum atomic E-state index is -1.53. The van der Waals surface area contributed by atoms with E-state index in [-0.39, 0.29) is 41.6 Å². The highest BCUT2D eigenvalue weighted by Crippen LogP contribution is 2.72. The van der Waals surface area contributed by atoms with E-state index in [2.05, 4.69) is 12.0 Å². The average Bonchev–Trinajstić information content (AvgIpc) is 3.57. The number of aliphatic hydroxyl groups is 1. The molecule has 10 heteroatoms. The Morgan fingerprint density at radius 1 is 1.32 bits per heavy atom. The van der Waals surface area contributed by atoms with Crippen molar-refractivity contribution in [3.8, 4) is 0 Å². The van der Waals surface area contributed by atoms with Crippen LogP contribution in [0.25, 0.3) is 6.08 Å². The SMILES string of the molecule is C[C@@H]1C[C@H]2[C@@H]3CCC4=Cc5nn(O)cc5C[C@]4(C)[C@@]3(Cl)[C@@H](O)C[C@]2(C)[C@@]1(OC(=O)c1ccco1)C(=O)CCl. The number of Topliss-reactive ketones (excluding diaryl/α,β-unsaturated/α-hetero) is 1. The van der Waals surface area contributed by atoms with Gasteiger partial charge in [0.1, 0.15) is 0 Å². The second kappa shape index (κ2) is 8.35. The van der Waals surface area contributed by atoms with E-state index in [1.54, 1.807) is 12.3 Å². The Hall–Kier alpha value is -2.29. The molecule has 2 aromatic rings. The van der Waals surface area contributed by atoms with Crippen molar-refractivity contribution < 1.29 is 29.1 Å². The van der Waals surface area contributed by atoms with E-state index in [0.717, 1.165) is 28.1 Å². The largest absolute Gasteiger partial charge is 0.457 e. The number of rotatable bonds is 4. The molecule has 204 valence electrons. The van der Waals surface area contributed by atoms with Crippen molar-refractivity contribution in [1.29, 1.82) is 0 Å². The zero-order valence-corrected chi connectivity index (χ0v) is 23.1. The zero-order valence-electron chi connectivity index (χ0n) is 21.6. The molecular weight excluding hydrogens is 531 g/mol. The molecule has 0 spiro atoms. The highest BCUT2D eigenvalue weighted by Gasteiger charge is 2.76. The molecule has 0 radical (unpaired) electrons. The van der Waals surface area contributed by atoms with Crippen molar-refractivity contribution in [2.75, 3.05) is 5.88 Å². The Balaban J connectivity index is 1.44. The number of hydrogen-bond donors (Lipinski definition) is 2. The van der Waals surface area contributed by atoms with Crippen molar-refractivity contribution >= 4 is 41.0 Å². The molecule has 0 bridgehead atoms. The van der Waals surface area contributed by atoms with Gasteiger partial charge in [0.15, 0.2) is 11.4 Å². The smallest absolute Gasteiger partial charge is 0.375 e. The number of alkyl halides is 2. The topological polar surface area (TPSA) is 115 Å². The summed E-state index contributed by atoms with van der Waals surface area (Å²) in [6, 6.07) is 3.09. The summed E-state index contributed by atoms with van der Waals surface area (Å²) in [5.41, 5.74) is -0.313. The highest BCUT2D eigenvalue weighted by molar-refractivity contribution is 6.29. The number of nitrogens with zero attached hydrogens (tertiary/aromatic N) is 2. The number of furan rings is 1. The average molecular weight is 563 g/mol. The molecule has 4 aliphatic rings. The van der Waals surface area contributed by atoms with Crippen LogP contribution in [0.2, 0.25) is 0 Å². The van der Waals surface area contributed by atoms with Crippen molar-refractivity contribution in [3.63, 3.8) is 0 Å². The third-order valence-electron chi connectivity index (χ3n) is 10.6. The number of aliphatic hydroxyl groups excluding tert-OH is 1. The number of hydrogen-bond acceptors (Lipinski definition) is 7. The van der Waals surface area contributed by atoms with Gasteiger partial charge in [0.2, 0.25) is 5.76 Å². The molecule has 2 aromatic heterocycles. The van der Waals surface area contributed by atoms with Crippen molar-refractivity contribution in [1.82, 2.24) is 9.94 Å². The van der Waals surface area contributed by atoms with Crippen LogP contribution in [0.5, 0.6) is 0 Å². The standard InChI is InChI=1S/C28H32Cl2N2O6/c1-15-9-19-18-7-6-17-10-20-16(14-32(36)31-20)11-25(17,2)27(18,30)22(33)12-26(19,3)28(15,23(34)13-29)38-24(35)21-5-4-8-37-21/h4-5,8,10,14-15,18-19,22,33,36H,6-7,9,11-13H2,1-3H3/t15-,18+,19+,22+,25+,26+,27+,28+/m1/s1. The Bertz CT molecular complexity index is 1340. The van der Waals surface area contributed by atoms with Gasteiger partial charge in [0.25, 0.3) is 0 Å². The van der Waals surface area contributed by atoms with Crippen LogP contribution in [0, 0.1) is 28.6 Å². The quantitative estimate of drug-likeness (QED) is 0.310. The molecule has 38 heavy (non-hydrogen) atoms. The lowest BCUT2D eigenvalue weighted by molar-refractivity contribution is -0.179. The van der Waals surface area contributed by atoms with Crippen LogP contribution >= 0.6 is 23.2 Å². The normalized spacial score (nSPS) is 41.4. The fraction of sp³-hybridized carbons (Fsp3) is 0.607. The molecule has 0 saturated heterocycles. The van der Waals surface area contributed by atoms with Gasteiger partial charge in [-0.2, -0.15) is 0 Å². The lowest BCUT2D eigenvalue weighted by Gasteiger charge is -2.64. The van der Waals surface area contributed by atoms with Crippen molar-refractivity contribution in [2.45, 2.75) is 69.5 Å². The van der Waals surface area contributed by atoms with Gasteiger partial charge in [-0.25, -0.2) is 4.79 Å². The molecule has 8 atom stereocenters. The van der Waals surface area contributed by atoms with Gasteiger partial charge in [0, 0.05) is 22.3 Å². The van der Waals surface area contributed by atoms with Gasteiger partial charge in [-0.15, -0.1) is 33.1 Å². The van der Waals surface area contributed by atoms with Crippen LogP contribution in [0.3, 0.4) is 0 Å². The first-order valence-electron chi connectivity index (χ1n) is 13.1. The van der Waals surface area contributed by atoms with Gasteiger partial charge in [-0.1, -0.05) is 26.3 Å². The summed E-state index contributed by atoms with van der Waals surface area (Å²) in [5.74, 6) is -1.99. The zero-order chi connectivity index (χ0) is 27.3. The Kier molecular flexibility index (Phi) is 5.71. The number of halogens is 2. The Morgan fingerprint density at radius 3 is 2.76 bits per heavy atom. The second-order valence-electron chi connectivity index (χ2n) is 12.1. The minimum Gasteiger partial charge on any atom is -0.457 e. The highest BCUT2D eigenvalue weighted by atomic mass is 35.5. The van der Waals surface area contributed by atoms with Crippen LogP contribution in [0.15, 0.2) is 34.6 Å².